The van der Waals surface area contributed by atoms with E-state index in [2.05, 4.69) is 10.6 Å². The van der Waals surface area contributed by atoms with Crippen LogP contribution in [-0.4, -0.2) is 18.5 Å². The van der Waals surface area contributed by atoms with Gasteiger partial charge in [0.2, 0.25) is 5.91 Å². The van der Waals surface area contributed by atoms with Crippen LogP contribution in [-0.2, 0) is 4.79 Å². The van der Waals surface area contributed by atoms with Crippen LogP contribution in [0.5, 0.6) is 0 Å². The minimum absolute atomic E-state index is 0.0365. The second kappa shape index (κ2) is 6.21. The van der Waals surface area contributed by atoms with Gasteiger partial charge in [0.1, 0.15) is 0 Å². The summed E-state index contributed by atoms with van der Waals surface area (Å²) in [6.45, 7) is 3.05. The molecule has 98 valence electrons. The summed E-state index contributed by atoms with van der Waals surface area (Å²) in [6.07, 6.45) is 3.84. The lowest BCUT2D eigenvalue weighted by Crippen LogP contribution is -2.23. The zero-order valence-corrected chi connectivity index (χ0v) is 11.4. The van der Waals surface area contributed by atoms with Gasteiger partial charge >= 0.3 is 0 Å². The highest BCUT2D eigenvalue weighted by Crippen LogP contribution is 2.23. The number of hydrogen-bond acceptors (Lipinski definition) is 2. The first-order chi connectivity index (χ1) is 8.65. The molecule has 1 heterocycles. The second-order valence-corrected chi connectivity index (χ2v) is 5.27. The molecule has 1 aromatic rings. The first kappa shape index (κ1) is 13.4. The molecule has 1 aliphatic heterocycles. The largest absolute Gasteiger partial charge is 0.325 e. The van der Waals surface area contributed by atoms with Gasteiger partial charge in [-0.05, 0) is 50.4 Å². The van der Waals surface area contributed by atoms with Crippen molar-refractivity contribution in [3.8, 4) is 0 Å². The fraction of sp³-hybridized carbons (Fsp3) is 0.500. The number of rotatable bonds is 4. The Labute approximate surface area is 113 Å². The molecular formula is C14H19ClN2O. The van der Waals surface area contributed by atoms with E-state index in [0.29, 0.717) is 23.2 Å². The monoisotopic (exact) mass is 266 g/mol. The average molecular weight is 267 g/mol. The quantitative estimate of drug-likeness (QED) is 0.879. The molecule has 1 fully saturated rings. The van der Waals surface area contributed by atoms with Crippen molar-refractivity contribution >= 4 is 23.2 Å². The lowest BCUT2D eigenvalue weighted by molar-refractivity contribution is -0.116. The van der Waals surface area contributed by atoms with Crippen LogP contribution >= 0.6 is 11.6 Å². The third-order valence-electron chi connectivity index (χ3n) is 3.28. The van der Waals surface area contributed by atoms with E-state index in [1.165, 1.54) is 12.8 Å². The Balaban J connectivity index is 1.82. The molecule has 2 rings (SSSR count). The van der Waals surface area contributed by atoms with Gasteiger partial charge in [0, 0.05) is 12.5 Å². The van der Waals surface area contributed by atoms with Gasteiger partial charge in [0.15, 0.2) is 0 Å². The summed E-state index contributed by atoms with van der Waals surface area (Å²) in [5.74, 6) is 0.0365. The van der Waals surface area contributed by atoms with Crippen LogP contribution in [0.25, 0.3) is 0 Å². The molecule has 1 saturated heterocycles. The van der Waals surface area contributed by atoms with Crippen LogP contribution in [0.4, 0.5) is 5.69 Å². The second-order valence-electron chi connectivity index (χ2n) is 4.86. The van der Waals surface area contributed by atoms with E-state index < -0.39 is 0 Å². The minimum atomic E-state index is 0.0365. The molecule has 3 nitrogen and oxygen atoms in total. The predicted octanol–water partition coefficient (Wildman–Crippen LogP) is 3.12. The Morgan fingerprint density at radius 1 is 1.56 bits per heavy atom. The smallest absolute Gasteiger partial charge is 0.224 e. The Kier molecular flexibility index (Phi) is 4.61. The number of carbonyl (C=O) groups excluding carboxylic acids is 1. The molecule has 0 saturated carbocycles. The highest BCUT2D eigenvalue weighted by Gasteiger charge is 2.15. The molecule has 0 aliphatic carbocycles. The topological polar surface area (TPSA) is 41.1 Å². The molecular weight excluding hydrogens is 248 g/mol. The summed E-state index contributed by atoms with van der Waals surface area (Å²) in [5.41, 5.74) is 1.79. The van der Waals surface area contributed by atoms with Crippen molar-refractivity contribution in [3.63, 3.8) is 0 Å². The van der Waals surface area contributed by atoms with Gasteiger partial charge in [0.05, 0.1) is 10.7 Å². The first-order valence-electron chi connectivity index (χ1n) is 6.44. The van der Waals surface area contributed by atoms with Gasteiger partial charge in [-0.1, -0.05) is 17.7 Å². The molecule has 2 N–H and O–H groups in total. The summed E-state index contributed by atoms with van der Waals surface area (Å²) in [7, 11) is 0. The lowest BCUT2D eigenvalue weighted by atomic mass is 10.1. The molecule has 0 aromatic heterocycles. The maximum atomic E-state index is 11.8. The van der Waals surface area contributed by atoms with E-state index in [9.17, 15) is 4.79 Å². The van der Waals surface area contributed by atoms with Gasteiger partial charge in [-0.3, -0.25) is 4.79 Å². The highest BCUT2D eigenvalue weighted by molar-refractivity contribution is 6.33. The van der Waals surface area contributed by atoms with E-state index >= 15 is 0 Å². The summed E-state index contributed by atoms with van der Waals surface area (Å²) < 4.78 is 0. The van der Waals surface area contributed by atoms with E-state index in [0.717, 1.165) is 18.5 Å². The molecule has 1 unspecified atom stereocenters. The summed E-state index contributed by atoms with van der Waals surface area (Å²) in [6, 6.07) is 6.16. The van der Waals surface area contributed by atoms with Crippen molar-refractivity contribution in [2.24, 2.45) is 0 Å². The number of hydrogen-bond donors (Lipinski definition) is 2. The number of halogens is 1. The minimum Gasteiger partial charge on any atom is -0.325 e. The van der Waals surface area contributed by atoms with Crippen molar-refractivity contribution in [2.45, 2.75) is 38.6 Å². The number of nitrogens with one attached hydrogen (secondary N) is 2. The number of carbonyl (C=O) groups is 1. The van der Waals surface area contributed by atoms with Gasteiger partial charge in [-0.25, -0.2) is 0 Å². The fourth-order valence-corrected chi connectivity index (χ4v) is 2.52. The normalized spacial score (nSPS) is 18.9. The Morgan fingerprint density at radius 2 is 2.39 bits per heavy atom. The van der Waals surface area contributed by atoms with Crippen molar-refractivity contribution in [2.75, 3.05) is 11.9 Å². The number of anilines is 1. The summed E-state index contributed by atoms with van der Waals surface area (Å²) in [4.78, 5) is 11.8. The van der Waals surface area contributed by atoms with Crippen LogP contribution in [0.2, 0.25) is 5.02 Å². The third-order valence-corrected chi connectivity index (χ3v) is 3.59. The van der Waals surface area contributed by atoms with E-state index in [1.54, 1.807) is 0 Å². The Hall–Kier alpha value is -1.06. The predicted molar refractivity (Wildman–Crippen MR) is 75.1 cm³/mol. The standard InChI is InChI=1S/C14H19ClN2O/c1-10-4-6-13(12(15)9-10)17-14(18)7-5-11-3-2-8-16-11/h4,6,9,11,16H,2-3,5,7-8H2,1H3,(H,17,18). The zero-order valence-electron chi connectivity index (χ0n) is 10.6. The molecule has 4 heteroatoms. The maximum absolute atomic E-state index is 11.8. The maximum Gasteiger partial charge on any atom is 0.224 e. The van der Waals surface area contributed by atoms with Gasteiger partial charge in [0.25, 0.3) is 0 Å². The SMILES string of the molecule is Cc1ccc(NC(=O)CCC2CCCN2)c(Cl)c1. The highest BCUT2D eigenvalue weighted by atomic mass is 35.5. The summed E-state index contributed by atoms with van der Waals surface area (Å²) >= 11 is 6.07. The lowest BCUT2D eigenvalue weighted by Gasteiger charge is -2.11. The molecule has 0 bridgehead atoms. The molecule has 1 atom stereocenters. The van der Waals surface area contributed by atoms with Crippen molar-refractivity contribution in [3.05, 3.63) is 28.8 Å². The number of aryl methyl sites for hydroxylation is 1. The van der Waals surface area contributed by atoms with Crippen LogP contribution in [0, 0.1) is 6.92 Å². The third kappa shape index (κ3) is 3.72. The van der Waals surface area contributed by atoms with Crippen LogP contribution in [0.3, 0.4) is 0 Å². The Morgan fingerprint density at radius 3 is 3.06 bits per heavy atom. The van der Waals surface area contributed by atoms with Crippen molar-refractivity contribution in [1.82, 2.24) is 5.32 Å². The zero-order chi connectivity index (χ0) is 13.0. The molecule has 0 radical (unpaired) electrons. The van der Waals surface area contributed by atoms with Crippen molar-refractivity contribution in [1.29, 1.82) is 0 Å². The van der Waals surface area contributed by atoms with Gasteiger partial charge in [-0.15, -0.1) is 0 Å². The van der Waals surface area contributed by atoms with E-state index in [4.69, 9.17) is 11.6 Å². The van der Waals surface area contributed by atoms with E-state index in [-0.39, 0.29) is 5.91 Å². The van der Waals surface area contributed by atoms with E-state index in [1.807, 2.05) is 25.1 Å². The fourth-order valence-electron chi connectivity index (χ4n) is 2.24. The molecule has 1 amide bonds. The van der Waals surface area contributed by atoms with Crippen LogP contribution in [0.1, 0.15) is 31.2 Å². The Bertz CT molecular complexity index is 428. The number of amides is 1. The average Bonchev–Trinajstić information content (AvgIpc) is 2.83. The van der Waals surface area contributed by atoms with Gasteiger partial charge < -0.3 is 10.6 Å². The van der Waals surface area contributed by atoms with Crippen molar-refractivity contribution < 1.29 is 4.79 Å². The summed E-state index contributed by atoms with van der Waals surface area (Å²) in [5, 5.41) is 6.85. The molecule has 1 aromatic carbocycles. The van der Waals surface area contributed by atoms with Crippen LogP contribution < -0.4 is 10.6 Å². The number of benzene rings is 1. The molecule has 0 spiro atoms. The molecule has 18 heavy (non-hydrogen) atoms. The van der Waals surface area contributed by atoms with Crippen LogP contribution in [0.15, 0.2) is 18.2 Å². The molecule has 1 aliphatic rings. The van der Waals surface area contributed by atoms with Gasteiger partial charge in [-0.2, -0.15) is 0 Å². The first-order valence-corrected chi connectivity index (χ1v) is 6.82.